The Balaban J connectivity index is 2.61. The molecule has 100 valence electrons. The smallest absolute Gasteiger partial charge is 0.321 e. The molecule has 1 aromatic carbocycles. The molecule has 0 aromatic heterocycles. The zero-order chi connectivity index (χ0) is 13.7. The minimum atomic E-state index is -0.656. The van der Waals surface area contributed by atoms with E-state index in [1.807, 2.05) is 0 Å². The Bertz CT molecular complexity index is 427. The lowest BCUT2D eigenvalue weighted by atomic mass is 10.3. The molecule has 0 spiro atoms. The molecule has 6 heteroatoms. The summed E-state index contributed by atoms with van der Waals surface area (Å²) in [5.74, 6) is -0.656. The number of aliphatic hydroxyl groups excluding tert-OH is 1. The average Bonchev–Trinajstić information content (AvgIpc) is 2.31. The van der Waals surface area contributed by atoms with E-state index in [-0.39, 0.29) is 10.7 Å². The van der Waals surface area contributed by atoms with Crippen molar-refractivity contribution in [1.82, 2.24) is 4.90 Å². The number of amides is 2. The summed E-state index contributed by atoms with van der Waals surface area (Å²) >= 11 is 5.61. The van der Waals surface area contributed by atoms with Gasteiger partial charge >= 0.3 is 6.03 Å². The first-order valence-corrected chi connectivity index (χ1v) is 5.93. The predicted octanol–water partition coefficient (Wildman–Crippen LogP) is 2.71. The number of nitrogens with zero attached hydrogens (tertiary/aromatic N) is 1. The third-order valence-electron chi connectivity index (χ3n) is 2.42. The molecule has 0 heterocycles. The van der Waals surface area contributed by atoms with Gasteiger partial charge in [-0.15, -0.1) is 0 Å². The van der Waals surface area contributed by atoms with Crippen LogP contribution in [0.2, 0.25) is 5.02 Å². The Morgan fingerprint density at radius 2 is 2.28 bits per heavy atom. The Morgan fingerprint density at radius 1 is 1.61 bits per heavy atom. The Labute approximate surface area is 110 Å². The number of benzene rings is 1. The van der Waals surface area contributed by atoms with Crippen LogP contribution in [0, 0.1) is 5.82 Å². The van der Waals surface area contributed by atoms with Crippen LogP contribution < -0.4 is 5.32 Å². The molecule has 0 saturated heterocycles. The van der Waals surface area contributed by atoms with E-state index in [1.165, 1.54) is 17.0 Å². The van der Waals surface area contributed by atoms with Gasteiger partial charge in [0.1, 0.15) is 0 Å². The highest BCUT2D eigenvalue weighted by molar-refractivity contribution is 6.31. The van der Waals surface area contributed by atoms with Gasteiger partial charge in [-0.2, -0.15) is 0 Å². The topological polar surface area (TPSA) is 52.6 Å². The van der Waals surface area contributed by atoms with E-state index in [1.54, 1.807) is 20.0 Å². The highest BCUT2D eigenvalue weighted by atomic mass is 35.5. The molecule has 0 aliphatic heterocycles. The lowest BCUT2D eigenvalue weighted by molar-refractivity contribution is 0.167. The zero-order valence-electron chi connectivity index (χ0n) is 10.3. The van der Waals surface area contributed by atoms with Crippen LogP contribution in [0.25, 0.3) is 0 Å². The molecule has 2 amide bonds. The van der Waals surface area contributed by atoms with Crippen LogP contribution in [0.15, 0.2) is 18.2 Å². The molecular weight excluding hydrogens is 259 g/mol. The second kappa shape index (κ2) is 6.56. The van der Waals surface area contributed by atoms with E-state index in [0.717, 1.165) is 0 Å². The highest BCUT2D eigenvalue weighted by Crippen LogP contribution is 2.22. The van der Waals surface area contributed by atoms with Gasteiger partial charge in [-0.3, -0.25) is 0 Å². The molecular formula is C12H16ClFN2O2. The molecule has 4 nitrogen and oxygen atoms in total. The molecule has 18 heavy (non-hydrogen) atoms. The molecule has 0 aliphatic carbocycles. The first kappa shape index (κ1) is 14.7. The largest absolute Gasteiger partial charge is 0.393 e. The fourth-order valence-corrected chi connectivity index (χ4v) is 1.47. The van der Waals surface area contributed by atoms with Gasteiger partial charge in [0.15, 0.2) is 5.82 Å². The van der Waals surface area contributed by atoms with Crippen LogP contribution >= 0.6 is 11.6 Å². The lowest BCUT2D eigenvalue weighted by Gasteiger charge is -2.19. The molecule has 2 N–H and O–H groups in total. The summed E-state index contributed by atoms with van der Waals surface area (Å²) in [6, 6.07) is 3.94. The summed E-state index contributed by atoms with van der Waals surface area (Å²) in [5, 5.41) is 11.5. The first-order valence-electron chi connectivity index (χ1n) is 5.56. The fourth-order valence-electron chi connectivity index (χ4n) is 1.29. The SMILES string of the molecule is CC(O)CCN(C)C(=O)Nc1cccc(Cl)c1F. The van der Waals surface area contributed by atoms with Crippen molar-refractivity contribution < 1.29 is 14.3 Å². The number of carbonyl (C=O) groups is 1. The van der Waals surface area contributed by atoms with Crippen molar-refractivity contribution in [2.24, 2.45) is 0 Å². The van der Waals surface area contributed by atoms with E-state index < -0.39 is 18.0 Å². The van der Waals surface area contributed by atoms with Gasteiger partial charge in [0, 0.05) is 13.6 Å². The summed E-state index contributed by atoms with van der Waals surface area (Å²) < 4.78 is 13.5. The van der Waals surface area contributed by atoms with Gasteiger partial charge < -0.3 is 15.3 Å². The minimum Gasteiger partial charge on any atom is -0.393 e. The van der Waals surface area contributed by atoms with Crippen LogP contribution in [0.5, 0.6) is 0 Å². The number of carbonyl (C=O) groups excluding carboxylic acids is 1. The number of hydrogen-bond donors (Lipinski definition) is 2. The van der Waals surface area contributed by atoms with Crippen molar-refractivity contribution in [3.05, 3.63) is 29.0 Å². The van der Waals surface area contributed by atoms with Gasteiger partial charge in [-0.05, 0) is 25.5 Å². The maximum absolute atomic E-state index is 13.5. The number of aliphatic hydroxyl groups is 1. The van der Waals surface area contributed by atoms with Gasteiger partial charge in [-0.25, -0.2) is 9.18 Å². The molecule has 0 aliphatic rings. The third-order valence-corrected chi connectivity index (χ3v) is 2.71. The van der Waals surface area contributed by atoms with Crippen molar-refractivity contribution >= 4 is 23.3 Å². The van der Waals surface area contributed by atoms with Crippen LogP contribution in [-0.2, 0) is 0 Å². The van der Waals surface area contributed by atoms with E-state index in [4.69, 9.17) is 16.7 Å². The number of urea groups is 1. The summed E-state index contributed by atoms with van der Waals surface area (Å²) in [6.07, 6.45) is -0.0229. The second-order valence-electron chi connectivity index (χ2n) is 4.09. The molecule has 0 bridgehead atoms. The Kier molecular flexibility index (Phi) is 5.37. The molecule has 1 atom stereocenters. The fraction of sp³-hybridized carbons (Fsp3) is 0.417. The number of nitrogens with one attached hydrogen (secondary N) is 1. The summed E-state index contributed by atoms with van der Waals surface area (Å²) in [4.78, 5) is 13.1. The number of hydrogen-bond acceptors (Lipinski definition) is 2. The molecule has 0 radical (unpaired) electrons. The van der Waals surface area contributed by atoms with E-state index >= 15 is 0 Å². The maximum Gasteiger partial charge on any atom is 0.321 e. The maximum atomic E-state index is 13.5. The van der Waals surface area contributed by atoms with Crippen molar-refractivity contribution in [2.45, 2.75) is 19.4 Å². The van der Waals surface area contributed by atoms with Crippen LogP contribution in [0.3, 0.4) is 0 Å². The Morgan fingerprint density at radius 3 is 2.89 bits per heavy atom. The van der Waals surface area contributed by atoms with Crippen LogP contribution in [0.4, 0.5) is 14.9 Å². The molecule has 1 unspecified atom stereocenters. The van der Waals surface area contributed by atoms with Crippen molar-refractivity contribution in [2.75, 3.05) is 18.9 Å². The monoisotopic (exact) mass is 274 g/mol. The van der Waals surface area contributed by atoms with Crippen molar-refractivity contribution in [3.63, 3.8) is 0 Å². The van der Waals surface area contributed by atoms with E-state index in [2.05, 4.69) is 5.32 Å². The van der Waals surface area contributed by atoms with Gasteiger partial charge in [0.2, 0.25) is 0 Å². The minimum absolute atomic E-state index is 0.0383. The summed E-state index contributed by atoms with van der Waals surface area (Å²) in [7, 11) is 1.57. The van der Waals surface area contributed by atoms with Crippen molar-refractivity contribution in [3.8, 4) is 0 Å². The molecule has 1 aromatic rings. The second-order valence-corrected chi connectivity index (χ2v) is 4.50. The van der Waals surface area contributed by atoms with Crippen LogP contribution in [-0.4, -0.2) is 35.7 Å². The number of rotatable bonds is 4. The van der Waals surface area contributed by atoms with Gasteiger partial charge in [0.25, 0.3) is 0 Å². The standard InChI is InChI=1S/C12H16ClFN2O2/c1-8(17)6-7-16(2)12(18)15-10-5-3-4-9(13)11(10)14/h3-5,8,17H,6-7H2,1-2H3,(H,15,18). The van der Waals surface area contributed by atoms with Gasteiger partial charge in [-0.1, -0.05) is 17.7 Å². The van der Waals surface area contributed by atoms with E-state index in [9.17, 15) is 9.18 Å². The van der Waals surface area contributed by atoms with E-state index in [0.29, 0.717) is 13.0 Å². The van der Waals surface area contributed by atoms with Crippen LogP contribution in [0.1, 0.15) is 13.3 Å². The quantitative estimate of drug-likeness (QED) is 0.887. The summed E-state index contributed by atoms with van der Waals surface area (Å²) in [5.41, 5.74) is 0.0383. The third kappa shape index (κ3) is 4.16. The normalized spacial score (nSPS) is 12.1. The zero-order valence-corrected chi connectivity index (χ0v) is 11.0. The highest BCUT2D eigenvalue weighted by Gasteiger charge is 2.13. The molecule has 1 rings (SSSR count). The predicted molar refractivity (Wildman–Crippen MR) is 69.4 cm³/mol. The number of halogens is 2. The first-order chi connectivity index (χ1) is 8.41. The summed E-state index contributed by atoms with van der Waals surface area (Å²) in [6.45, 7) is 2.02. The molecule has 0 fully saturated rings. The number of anilines is 1. The van der Waals surface area contributed by atoms with Crippen molar-refractivity contribution in [1.29, 1.82) is 0 Å². The Hall–Kier alpha value is -1.33. The average molecular weight is 275 g/mol. The lowest BCUT2D eigenvalue weighted by Crippen LogP contribution is -2.33. The molecule has 0 saturated carbocycles. The van der Waals surface area contributed by atoms with Gasteiger partial charge in [0.05, 0.1) is 16.8 Å².